The molecule has 2 atom stereocenters. The molecule has 1 aliphatic carbocycles. The quantitative estimate of drug-likeness (QED) is 0.527. The summed E-state index contributed by atoms with van der Waals surface area (Å²) in [5.74, 6) is -2.90. The molecule has 10 heteroatoms. The van der Waals surface area contributed by atoms with E-state index in [1.165, 1.54) is 0 Å². The van der Waals surface area contributed by atoms with Crippen LogP contribution >= 0.6 is 0 Å². The van der Waals surface area contributed by atoms with Crippen molar-refractivity contribution < 1.29 is 13.6 Å². The SMILES string of the molecule is CC(C)[C@@H](N)c1cnn2cc([C@@H](NC(=O)c3ccnn3C(C)C)C3CCC(F)(F)CC3)nc2c1. The fourth-order valence-electron chi connectivity index (χ4n) is 4.58. The predicted octanol–water partition coefficient (Wildman–Crippen LogP) is 4.46. The molecule has 1 amide bonds. The summed E-state index contributed by atoms with van der Waals surface area (Å²) in [6, 6.07) is 2.86. The number of carbonyl (C=O) groups excluding carboxylic acids is 1. The van der Waals surface area contributed by atoms with Crippen molar-refractivity contribution in [2.45, 2.75) is 77.4 Å². The first-order valence-corrected chi connectivity index (χ1v) is 11.9. The number of rotatable bonds is 7. The maximum atomic E-state index is 13.9. The van der Waals surface area contributed by atoms with Crippen LogP contribution in [0, 0.1) is 11.8 Å². The number of aromatic nitrogens is 5. The standard InChI is InChI=1S/C24H33F2N7O/c1-14(2)21(27)17-11-20-30-18(13-32(20)29-12-17)22(16-5-8-24(25,26)9-6-16)31-23(34)19-7-10-28-33(19)15(3)4/h7,10-16,21-22H,5-6,8-9,27H2,1-4H3,(H,31,34)/t21-,22+/m1/s1. The number of alkyl halides is 2. The maximum absolute atomic E-state index is 13.9. The van der Waals surface area contributed by atoms with Gasteiger partial charge in [0, 0.05) is 31.1 Å². The molecule has 0 saturated heterocycles. The Balaban J connectivity index is 1.67. The molecule has 1 saturated carbocycles. The molecule has 3 aromatic rings. The highest BCUT2D eigenvalue weighted by atomic mass is 19.3. The molecule has 0 spiro atoms. The number of nitrogens with zero attached hydrogens (tertiary/aromatic N) is 5. The lowest BCUT2D eigenvalue weighted by Crippen LogP contribution is -2.38. The number of amides is 1. The molecule has 184 valence electrons. The number of fused-ring (bicyclic) bond motifs is 1. The van der Waals surface area contributed by atoms with Crippen LogP contribution in [0.15, 0.2) is 30.7 Å². The Hall–Kier alpha value is -2.88. The largest absolute Gasteiger partial charge is 0.342 e. The fourth-order valence-corrected chi connectivity index (χ4v) is 4.58. The summed E-state index contributed by atoms with van der Waals surface area (Å²) in [5, 5.41) is 11.8. The number of nitrogens with two attached hydrogens (primary N) is 1. The fraction of sp³-hybridized carbons (Fsp3) is 0.583. The molecular formula is C24H33F2N7O. The molecule has 34 heavy (non-hydrogen) atoms. The van der Waals surface area contributed by atoms with Crippen LogP contribution in [0.2, 0.25) is 0 Å². The molecule has 3 N–H and O–H groups in total. The van der Waals surface area contributed by atoms with E-state index < -0.39 is 12.0 Å². The van der Waals surface area contributed by atoms with Gasteiger partial charge in [-0.1, -0.05) is 13.8 Å². The Bertz CT molecular complexity index is 1140. The van der Waals surface area contributed by atoms with Crippen molar-refractivity contribution in [1.29, 1.82) is 0 Å². The van der Waals surface area contributed by atoms with Gasteiger partial charge in [-0.05, 0) is 56.2 Å². The lowest BCUT2D eigenvalue weighted by Gasteiger charge is -2.33. The average Bonchev–Trinajstić information content (AvgIpc) is 3.44. The Morgan fingerprint density at radius 3 is 2.56 bits per heavy atom. The zero-order chi connectivity index (χ0) is 24.6. The van der Waals surface area contributed by atoms with Gasteiger partial charge in [-0.3, -0.25) is 9.48 Å². The van der Waals surface area contributed by atoms with E-state index in [9.17, 15) is 13.6 Å². The molecule has 1 fully saturated rings. The second-order valence-corrected chi connectivity index (χ2v) is 9.93. The van der Waals surface area contributed by atoms with E-state index in [1.54, 1.807) is 33.9 Å². The van der Waals surface area contributed by atoms with E-state index in [0.29, 0.717) is 29.9 Å². The normalized spacial score (nSPS) is 18.5. The van der Waals surface area contributed by atoms with Crippen LogP contribution in [-0.2, 0) is 0 Å². The molecule has 1 aliphatic rings. The molecule has 4 rings (SSSR count). The van der Waals surface area contributed by atoms with Gasteiger partial charge < -0.3 is 11.1 Å². The zero-order valence-electron chi connectivity index (χ0n) is 20.1. The smallest absolute Gasteiger partial charge is 0.270 e. The van der Waals surface area contributed by atoms with Gasteiger partial charge in [0.25, 0.3) is 5.91 Å². The van der Waals surface area contributed by atoms with Crippen molar-refractivity contribution in [2.75, 3.05) is 0 Å². The van der Waals surface area contributed by atoms with E-state index in [1.807, 2.05) is 33.8 Å². The first-order valence-electron chi connectivity index (χ1n) is 11.9. The third-order valence-electron chi connectivity index (χ3n) is 6.69. The number of halogens is 2. The minimum atomic E-state index is -2.66. The number of hydrogen-bond acceptors (Lipinski definition) is 5. The molecule has 0 unspecified atom stereocenters. The van der Waals surface area contributed by atoms with Crippen LogP contribution in [0.4, 0.5) is 8.78 Å². The van der Waals surface area contributed by atoms with Crippen molar-refractivity contribution in [1.82, 2.24) is 29.7 Å². The highest BCUT2D eigenvalue weighted by molar-refractivity contribution is 5.92. The lowest BCUT2D eigenvalue weighted by atomic mass is 9.81. The van der Waals surface area contributed by atoms with Gasteiger partial charge in [0.05, 0.1) is 24.1 Å². The monoisotopic (exact) mass is 473 g/mol. The van der Waals surface area contributed by atoms with Crippen LogP contribution in [-0.4, -0.2) is 36.2 Å². The number of carbonyl (C=O) groups is 1. The van der Waals surface area contributed by atoms with E-state index in [4.69, 9.17) is 10.7 Å². The molecule has 0 bridgehead atoms. The summed E-state index contributed by atoms with van der Waals surface area (Å²) in [4.78, 5) is 18.0. The second kappa shape index (κ2) is 9.40. The van der Waals surface area contributed by atoms with Gasteiger partial charge in [0.2, 0.25) is 5.92 Å². The van der Waals surface area contributed by atoms with Gasteiger partial charge >= 0.3 is 0 Å². The van der Waals surface area contributed by atoms with E-state index >= 15 is 0 Å². The van der Waals surface area contributed by atoms with Crippen LogP contribution in [0.3, 0.4) is 0 Å². The third kappa shape index (κ3) is 4.96. The van der Waals surface area contributed by atoms with Crippen molar-refractivity contribution >= 4 is 11.6 Å². The van der Waals surface area contributed by atoms with Gasteiger partial charge in [-0.25, -0.2) is 18.3 Å². The summed E-state index contributed by atoms with van der Waals surface area (Å²) in [6.45, 7) is 7.96. The molecule has 8 nitrogen and oxygen atoms in total. The zero-order valence-corrected chi connectivity index (χ0v) is 20.1. The van der Waals surface area contributed by atoms with Crippen LogP contribution < -0.4 is 11.1 Å². The number of hydrogen-bond donors (Lipinski definition) is 2. The van der Waals surface area contributed by atoms with Crippen molar-refractivity contribution in [3.63, 3.8) is 0 Å². The van der Waals surface area contributed by atoms with Crippen LogP contribution in [0.5, 0.6) is 0 Å². The maximum Gasteiger partial charge on any atom is 0.270 e. The van der Waals surface area contributed by atoms with Crippen LogP contribution in [0.25, 0.3) is 5.65 Å². The summed E-state index contributed by atoms with van der Waals surface area (Å²) in [6.07, 6.45) is 5.26. The van der Waals surface area contributed by atoms with Gasteiger partial charge in [-0.15, -0.1) is 0 Å². The summed E-state index contributed by atoms with van der Waals surface area (Å²) in [5.41, 5.74) is 8.79. The Kier molecular flexibility index (Phi) is 6.71. The Morgan fingerprint density at radius 1 is 1.21 bits per heavy atom. The minimum Gasteiger partial charge on any atom is -0.342 e. The Labute approximate surface area is 197 Å². The summed E-state index contributed by atoms with van der Waals surface area (Å²) in [7, 11) is 0. The molecule has 3 heterocycles. The predicted molar refractivity (Wildman–Crippen MR) is 124 cm³/mol. The van der Waals surface area contributed by atoms with E-state index in [0.717, 1.165) is 5.56 Å². The molecular weight excluding hydrogens is 440 g/mol. The number of nitrogens with one attached hydrogen (secondary N) is 1. The topological polar surface area (TPSA) is 103 Å². The average molecular weight is 474 g/mol. The number of imidazole rings is 1. The first-order chi connectivity index (χ1) is 16.1. The Morgan fingerprint density at radius 2 is 1.91 bits per heavy atom. The minimum absolute atomic E-state index is 0.00514. The highest BCUT2D eigenvalue weighted by Crippen LogP contribution is 2.41. The second-order valence-electron chi connectivity index (χ2n) is 9.93. The molecule has 3 aromatic heterocycles. The molecule has 0 aliphatic heterocycles. The first kappa shape index (κ1) is 24.3. The molecule has 0 radical (unpaired) electrons. The van der Waals surface area contributed by atoms with Crippen molar-refractivity contribution in [3.05, 3.63) is 47.7 Å². The third-order valence-corrected chi connectivity index (χ3v) is 6.69. The molecule has 0 aromatic carbocycles. The lowest BCUT2D eigenvalue weighted by molar-refractivity contribution is -0.0495. The van der Waals surface area contributed by atoms with E-state index in [-0.39, 0.29) is 42.7 Å². The van der Waals surface area contributed by atoms with Crippen LogP contribution in [0.1, 0.15) is 93.2 Å². The van der Waals surface area contributed by atoms with Gasteiger partial charge in [-0.2, -0.15) is 10.2 Å². The van der Waals surface area contributed by atoms with Gasteiger partial charge in [0.15, 0.2) is 5.65 Å². The highest BCUT2D eigenvalue weighted by Gasteiger charge is 2.39. The van der Waals surface area contributed by atoms with Crippen molar-refractivity contribution in [2.24, 2.45) is 17.6 Å². The summed E-state index contributed by atoms with van der Waals surface area (Å²) < 4.78 is 31.1. The summed E-state index contributed by atoms with van der Waals surface area (Å²) >= 11 is 0. The van der Waals surface area contributed by atoms with E-state index in [2.05, 4.69) is 15.5 Å². The van der Waals surface area contributed by atoms with Gasteiger partial charge in [0.1, 0.15) is 5.69 Å². The van der Waals surface area contributed by atoms with Crippen molar-refractivity contribution in [3.8, 4) is 0 Å².